The highest BCUT2D eigenvalue weighted by Gasteiger charge is 2.16. The Morgan fingerprint density at radius 3 is 2.29 bits per heavy atom. The van der Waals surface area contributed by atoms with E-state index in [0.717, 1.165) is 53.1 Å². The molecule has 1 aliphatic rings. The quantitative estimate of drug-likeness (QED) is 0.519. The summed E-state index contributed by atoms with van der Waals surface area (Å²) in [5, 5.41) is 9.10. The maximum Gasteiger partial charge on any atom is 0.323 e. The van der Waals surface area contributed by atoms with E-state index in [1.165, 1.54) is 12.8 Å². The Morgan fingerprint density at radius 2 is 1.58 bits per heavy atom. The third-order valence-corrected chi connectivity index (χ3v) is 5.28. The van der Waals surface area contributed by atoms with E-state index in [2.05, 4.69) is 30.8 Å². The van der Waals surface area contributed by atoms with E-state index in [1.54, 1.807) is 0 Å². The Bertz CT molecular complexity index is 1070. The van der Waals surface area contributed by atoms with Gasteiger partial charge in [0.2, 0.25) is 5.95 Å². The number of aryl methyl sites for hydroxylation is 3. The number of carbonyl (C=O) groups excluding carboxylic acids is 1. The predicted octanol–water partition coefficient (Wildman–Crippen LogP) is 5.39. The fourth-order valence-electron chi connectivity index (χ4n) is 3.70. The Morgan fingerprint density at radius 1 is 0.871 bits per heavy atom. The van der Waals surface area contributed by atoms with Crippen molar-refractivity contribution in [2.75, 3.05) is 33.9 Å². The largest absolute Gasteiger partial charge is 0.341 e. The van der Waals surface area contributed by atoms with Crippen LogP contribution < -0.4 is 20.9 Å². The van der Waals surface area contributed by atoms with Gasteiger partial charge in [0.05, 0.1) is 0 Å². The van der Waals surface area contributed by atoms with Crippen molar-refractivity contribution in [3.8, 4) is 0 Å². The summed E-state index contributed by atoms with van der Waals surface area (Å²) in [7, 11) is 0. The van der Waals surface area contributed by atoms with Gasteiger partial charge in [-0.2, -0.15) is 4.98 Å². The Hall–Kier alpha value is -3.61. The number of nitrogens with one attached hydrogen (secondary N) is 3. The van der Waals surface area contributed by atoms with E-state index >= 15 is 0 Å². The summed E-state index contributed by atoms with van der Waals surface area (Å²) in [4.78, 5) is 23.8. The fourth-order valence-corrected chi connectivity index (χ4v) is 3.70. The molecular formula is C24H28N6O. The van der Waals surface area contributed by atoms with Gasteiger partial charge in [0.15, 0.2) is 0 Å². The smallest absolute Gasteiger partial charge is 0.323 e. The van der Waals surface area contributed by atoms with E-state index in [-0.39, 0.29) is 6.03 Å². The molecule has 2 amide bonds. The first-order valence-corrected chi connectivity index (χ1v) is 10.6. The van der Waals surface area contributed by atoms with Gasteiger partial charge in [0.25, 0.3) is 0 Å². The number of nitrogens with zero attached hydrogens (tertiary/aromatic N) is 3. The summed E-state index contributed by atoms with van der Waals surface area (Å²) in [5.41, 5.74) is 5.53. The van der Waals surface area contributed by atoms with Gasteiger partial charge in [-0.05, 0) is 69.5 Å². The lowest BCUT2D eigenvalue weighted by Crippen LogP contribution is -2.21. The number of benzene rings is 2. The van der Waals surface area contributed by atoms with Crippen molar-refractivity contribution in [1.82, 2.24) is 9.97 Å². The summed E-state index contributed by atoms with van der Waals surface area (Å²) in [6.07, 6.45) is 2.37. The van der Waals surface area contributed by atoms with Crippen LogP contribution in [0.5, 0.6) is 0 Å². The lowest BCUT2D eigenvalue weighted by molar-refractivity contribution is 0.262. The first-order valence-electron chi connectivity index (χ1n) is 10.6. The third kappa shape index (κ3) is 5.31. The van der Waals surface area contributed by atoms with Crippen LogP contribution in [0.15, 0.2) is 48.5 Å². The van der Waals surface area contributed by atoms with Gasteiger partial charge in [-0.1, -0.05) is 17.7 Å². The summed E-state index contributed by atoms with van der Waals surface area (Å²) in [5.74, 6) is 1.55. The van der Waals surface area contributed by atoms with Crippen molar-refractivity contribution >= 4 is 34.9 Å². The second-order valence-electron chi connectivity index (χ2n) is 7.99. The molecule has 0 radical (unpaired) electrons. The lowest BCUT2D eigenvalue weighted by Gasteiger charge is -2.17. The second-order valence-corrected chi connectivity index (χ2v) is 7.99. The lowest BCUT2D eigenvalue weighted by atomic mass is 10.1. The summed E-state index contributed by atoms with van der Waals surface area (Å²) >= 11 is 0. The van der Waals surface area contributed by atoms with Gasteiger partial charge >= 0.3 is 6.03 Å². The number of rotatable bonds is 5. The molecule has 1 fully saturated rings. The molecule has 2 aromatic carbocycles. The number of urea groups is 1. The van der Waals surface area contributed by atoms with Crippen molar-refractivity contribution in [2.45, 2.75) is 33.6 Å². The zero-order chi connectivity index (χ0) is 21.8. The Balaban J connectivity index is 1.38. The van der Waals surface area contributed by atoms with Crippen LogP contribution in [-0.4, -0.2) is 29.1 Å². The van der Waals surface area contributed by atoms with E-state index in [1.807, 2.05) is 69.3 Å². The molecule has 0 bridgehead atoms. The topological polar surface area (TPSA) is 82.2 Å². The van der Waals surface area contributed by atoms with E-state index in [9.17, 15) is 4.79 Å². The van der Waals surface area contributed by atoms with Crippen LogP contribution >= 0.6 is 0 Å². The molecule has 2 heterocycles. The van der Waals surface area contributed by atoms with Crippen LogP contribution in [-0.2, 0) is 0 Å². The third-order valence-electron chi connectivity index (χ3n) is 5.28. The van der Waals surface area contributed by atoms with Crippen molar-refractivity contribution in [3.63, 3.8) is 0 Å². The molecule has 4 rings (SSSR count). The SMILES string of the molecule is Cc1ccc(NC(=O)Nc2ccc(Nc3cc(C)nc(N4CCCC4)n3)cc2)c(C)c1. The van der Waals surface area contributed by atoms with Crippen LogP contribution in [0.25, 0.3) is 0 Å². The predicted molar refractivity (Wildman–Crippen MR) is 126 cm³/mol. The zero-order valence-electron chi connectivity index (χ0n) is 18.2. The van der Waals surface area contributed by atoms with Crippen molar-refractivity contribution < 1.29 is 4.79 Å². The molecule has 1 saturated heterocycles. The monoisotopic (exact) mass is 416 g/mol. The molecule has 3 aromatic rings. The summed E-state index contributed by atoms with van der Waals surface area (Å²) in [6.45, 7) is 8.00. The van der Waals surface area contributed by atoms with Gasteiger partial charge in [-0.15, -0.1) is 0 Å². The molecule has 0 aliphatic carbocycles. The van der Waals surface area contributed by atoms with Gasteiger partial charge in [-0.3, -0.25) is 0 Å². The minimum Gasteiger partial charge on any atom is -0.341 e. The first-order chi connectivity index (χ1) is 15.0. The number of amides is 2. The van der Waals surface area contributed by atoms with Crippen LogP contribution in [0, 0.1) is 20.8 Å². The maximum absolute atomic E-state index is 12.3. The number of carbonyl (C=O) groups is 1. The molecule has 3 N–H and O–H groups in total. The molecule has 1 aromatic heterocycles. The van der Waals surface area contributed by atoms with Crippen LogP contribution in [0.4, 0.5) is 33.6 Å². The van der Waals surface area contributed by atoms with E-state index in [0.29, 0.717) is 5.69 Å². The summed E-state index contributed by atoms with van der Waals surface area (Å²) in [6, 6.07) is 15.2. The molecular weight excluding hydrogens is 388 g/mol. The van der Waals surface area contributed by atoms with Crippen LogP contribution in [0.1, 0.15) is 29.7 Å². The molecule has 160 valence electrons. The second kappa shape index (κ2) is 9.04. The summed E-state index contributed by atoms with van der Waals surface area (Å²) < 4.78 is 0. The normalized spacial score (nSPS) is 13.2. The highest BCUT2D eigenvalue weighted by molar-refractivity contribution is 6.00. The first kappa shape index (κ1) is 20.7. The standard InChI is InChI=1S/C24H28N6O/c1-16-6-11-21(17(2)14-16)28-24(31)27-20-9-7-19(8-10-20)26-22-15-18(3)25-23(29-22)30-12-4-5-13-30/h6-11,14-15H,4-5,12-13H2,1-3H3,(H,25,26,29)(H2,27,28,31). The number of hydrogen-bond donors (Lipinski definition) is 3. The fraction of sp³-hybridized carbons (Fsp3) is 0.292. The number of aromatic nitrogens is 2. The minimum atomic E-state index is -0.269. The highest BCUT2D eigenvalue weighted by atomic mass is 16.2. The molecule has 7 nitrogen and oxygen atoms in total. The zero-order valence-corrected chi connectivity index (χ0v) is 18.2. The van der Waals surface area contributed by atoms with Crippen LogP contribution in [0.2, 0.25) is 0 Å². The molecule has 0 spiro atoms. The molecule has 1 aliphatic heterocycles. The number of anilines is 5. The molecule has 0 unspecified atom stereocenters. The average molecular weight is 417 g/mol. The maximum atomic E-state index is 12.3. The van der Waals surface area contributed by atoms with Gasteiger partial charge < -0.3 is 20.9 Å². The van der Waals surface area contributed by atoms with E-state index in [4.69, 9.17) is 0 Å². The average Bonchev–Trinajstić information content (AvgIpc) is 3.26. The molecule has 0 atom stereocenters. The van der Waals surface area contributed by atoms with Gasteiger partial charge in [-0.25, -0.2) is 9.78 Å². The van der Waals surface area contributed by atoms with Gasteiger partial charge in [0, 0.05) is 41.9 Å². The Kier molecular flexibility index (Phi) is 6.02. The molecule has 7 heteroatoms. The molecule has 31 heavy (non-hydrogen) atoms. The highest BCUT2D eigenvalue weighted by Crippen LogP contribution is 2.22. The minimum absolute atomic E-state index is 0.269. The van der Waals surface area contributed by atoms with Gasteiger partial charge in [0.1, 0.15) is 5.82 Å². The number of hydrogen-bond acceptors (Lipinski definition) is 5. The van der Waals surface area contributed by atoms with Crippen LogP contribution in [0.3, 0.4) is 0 Å². The Labute approximate surface area is 182 Å². The van der Waals surface area contributed by atoms with Crippen molar-refractivity contribution in [2.24, 2.45) is 0 Å². The van der Waals surface area contributed by atoms with Crippen molar-refractivity contribution in [1.29, 1.82) is 0 Å². The van der Waals surface area contributed by atoms with E-state index < -0.39 is 0 Å². The molecule has 0 saturated carbocycles. The van der Waals surface area contributed by atoms with Crippen molar-refractivity contribution in [3.05, 3.63) is 65.4 Å².